The quantitative estimate of drug-likeness (QED) is 0.921. The van der Waals surface area contributed by atoms with Crippen LogP contribution in [-0.2, 0) is 0 Å². The highest BCUT2D eigenvalue weighted by Crippen LogP contribution is 2.28. The molecule has 0 saturated carbocycles. The van der Waals surface area contributed by atoms with Crippen LogP contribution in [0.2, 0.25) is 0 Å². The van der Waals surface area contributed by atoms with Gasteiger partial charge in [0.05, 0.1) is 12.6 Å². The van der Waals surface area contributed by atoms with Crippen LogP contribution in [0, 0.1) is 0 Å². The Bertz CT molecular complexity index is 358. The highest BCUT2D eigenvalue weighted by molar-refractivity contribution is 9.10. The minimum absolute atomic E-state index is 0.305. The number of anilines is 1. The summed E-state index contributed by atoms with van der Waals surface area (Å²) in [6, 6.07) is 5.17. The Kier molecular flexibility index (Phi) is 4.68. The minimum Gasteiger partial charge on any atom is -0.389 e. The summed E-state index contributed by atoms with van der Waals surface area (Å²) >= 11 is 3.31. The molecule has 1 aromatic carbocycles. The highest BCUT2D eigenvalue weighted by atomic mass is 79.9. The van der Waals surface area contributed by atoms with Crippen molar-refractivity contribution in [2.75, 3.05) is 18.5 Å². The molecular formula is C11H14BrF2NO. The van der Waals surface area contributed by atoms with Crippen LogP contribution in [0.1, 0.15) is 18.6 Å². The van der Waals surface area contributed by atoms with Gasteiger partial charge in [-0.1, -0.05) is 22.0 Å². The van der Waals surface area contributed by atoms with Crippen LogP contribution in [0.5, 0.6) is 0 Å². The van der Waals surface area contributed by atoms with Gasteiger partial charge >= 0.3 is 0 Å². The molecule has 5 heteroatoms. The summed E-state index contributed by atoms with van der Waals surface area (Å²) in [7, 11) is 1.61. The number of rotatable bonds is 4. The van der Waals surface area contributed by atoms with Gasteiger partial charge in [0.2, 0.25) is 0 Å². The zero-order valence-corrected chi connectivity index (χ0v) is 10.7. The maximum atomic E-state index is 12.2. The lowest BCUT2D eigenvalue weighted by Crippen LogP contribution is -2.23. The number of aliphatic hydroxyl groups excluding tert-OH is 1. The average molecular weight is 294 g/mol. The minimum atomic E-state index is -2.36. The maximum absolute atomic E-state index is 12.2. The molecule has 1 N–H and O–H groups in total. The van der Waals surface area contributed by atoms with Gasteiger partial charge in [0.1, 0.15) is 0 Å². The molecule has 0 fully saturated rings. The Hall–Kier alpha value is -0.680. The van der Waals surface area contributed by atoms with Gasteiger partial charge in [-0.25, -0.2) is 8.78 Å². The fraction of sp³-hybridized carbons (Fsp3) is 0.455. The molecule has 0 aromatic heterocycles. The third-order valence-electron chi connectivity index (χ3n) is 2.29. The number of aliphatic hydroxyl groups is 1. The summed E-state index contributed by atoms with van der Waals surface area (Å²) in [5.41, 5.74) is 1.44. The summed E-state index contributed by atoms with van der Waals surface area (Å²) in [4.78, 5) is 1.47. The fourth-order valence-corrected chi connectivity index (χ4v) is 2.10. The van der Waals surface area contributed by atoms with Crippen LogP contribution < -0.4 is 4.90 Å². The average Bonchev–Trinajstić information content (AvgIpc) is 2.15. The first-order valence-electron chi connectivity index (χ1n) is 4.88. The van der Waals surface area contributed by atoms with Crippen molar-refractivity contribution in [1.82, 2.24) is 0 Å². The van der Waals surface area contributed by atoms with E-state index in [-0.39, 0.29) is 6.54 Å². The second-order valence-corrected chi connectivity index (χ2v) is 4.51. The molecule has 0 radical (unpaired) electrons. The van der Waals surface area contributed by atoms with E-state index >= 15 is 0 Å². The van der Waals surface area contributed by atoms with E-state index in [1.54, 1.807) is 32.2 Å². The van der Waals surface area contributed by atoms with Crippen LogP contribution in [0.4, 0.5) is 14.5 Å². The van der Waals surface area contributed by atoms with Crippen molar-refractivity contribution in [2.24, 2.45) is 0 Å². The number of halogens is 3. The molecule has 1 aromatic rings. The Morgan fingerprint density at radius 1 is 1.44 bits per heavy atom. The number of benzene rings is 1. The Balaban J connectivity index is 2.88. The van der Waals surface area contributed by atoms with E-state index in [0.29, 0.717) is 5.69 Å². The van der Waals surface area contributed by atoms with E-state index in [4.69, 9.17) is 0 Å². The van der Waals surface area contributed by atoms with Gasteiger partial charge < -0.3 is 10.0 Å². The molecule has 0 aliphatic heterocycles. The largest absolute Gasteiger partial charge is 0.389 e. The van der Waals surface area contributed by atoms with Gasteiger partial charge in [-0.15, -0.1) is 0 Å². The molecule has 1 rings (SSSR count). The molecule has 90 valence electrons. The van der Waals surface area contributed by atoms with Crippen molar-refractivity contribution in [3.05, 3.63) is 28.2 Å². The van der Waals surface area contributed by atoms with Gasteiger partial charge in [0, 0.05) is 17.2 Å². The van der Waals surface area contributed by atoms with Gasteiger partial charge in [-0.3, -0.25) is 0 Å². The van der Waals surface area contributed by atoms with E-state index in [0.717, 1.165) is 10.0 Å². The van der Waals surface area contributed by atoms with Gasteiger partial charge in [0.15, 0.2) is 0 Å². The Morgan fingerprint density at radius 2 is 2.06 bits per heavy atom. The third-order valence-corrected chi connectivity index (χ3v) is 2.97. The number of alkyl halides is 2. The van der Waals surface area contributed by atoms with Crippen molar-refractivity contribution in [2.45, 2.75) is 19.5 Å². The van der Waals surface area contributed by atoms with E-state index < -0.39 is 12.5 Å². The zero-order valence-electron chi connectivity index (χ0n) is 9.12. The smallest absolute Gasteiger partial charge is 0.255 e. The van der Waals surface area contributed by atoms with Gasteiger partial charge in [0.25, 0.3) is 6.43 Å². The fourth-order valence-electron chi connectivity index (χ4n) is 1.40. The van der Waals surface area contributed by atoms with E-state index in [1.165, 1.54) is 4.90 Å². The third kappa shape index (κ3) is 3.42. The van der Waals surface area contributed by atoms with Crippen molar-refractivity contribution >= 4 is 21.6 Å². The summed E-state index contributed by atoms with van der Waals surface area (Å²) in [6.45, 7) is 1.35. The van der Waals surface area contributed by atoms with Crippen LogP contribution >= 0.6 is 15.9 Å². The summed E-state index contributed by atoms with van der Waals surface area (Å²) in [5, 5.41) is 9.42. The van der Waals surface area contributed by atoms with Crippen LogP contribution in [0.15, 0.2) is 22.7 Å². The van der Waals surface area contributed by atoms with Crippen molar-refractivity contribution in [3.63, 3.8) is 0 Å². The van der Waals surface area contributed by atoms with Gasteiger partial charge in [-0.05, 0) is 24.6 Å². The summed E-state index contributed by atoms with van der Waals surface area (Å²) < 4.78 is 25.1. The summed E-state index contributed by atoms with van der Waals surface area (Å²) in [6.07, 6.45) is -2.94. The molecule has 0 saturated heterocycles. The maximum Gasteiger partial charge on any atom is 0.255 e. The number of nitrogens with zero attached hydrogens (tertiary/aromatic N) is 1. The van der Waals surface area contributed by atoms with Gasteiger partial charge in [-0.2, -0.15) is 0 Å². The molecule has 0 heterocycles. The molecule has 1 unspecified atom stereocenters. The number of hydrogen-bond acceptors (Lipinski definition) is 2. The van der Waals surface area contributed by atoms with Crippen LogP contribution in [-0.4, -0.2) is 25.1 Å². The second kappa shape index (κ2) is 5.59. The molecule has 0 bridgehead atoms. The summed E-state index contributed by atoms with van der Waals surface area (Å²) in [5.74, 6) is 0. The number of hydrogen-bond donors (Lipinski definition) is 1. The molecule has 16 heavy (non-hydrogen) atoms. The Labute approximate surface area is 102 Å². The molecule has 0 aliphatic carbocycles. The molecule has 0 amide bonds. The van der Waals surface area contributed by atoms with Crippen molar-refractivity contribution < 1.29 is 13.9 Å². The van der Waals surface area contributed by atoms with Crippen molar-refractivity contribution in [1.29, 1.82) is 0 Å². The molecule has 0 aliphatic rings. The first-order chi connectivity index (χ1) is 7.41. The van der Waals surface area contributed by atoms with Crippen LogP contribution in [0.25, 0.3) is 0 Å². The van der Waals surface area contributed by atoms with Crippen molar-refractivity contribution in [3.8, 4) is 0 Å². The SMILES string of the molecule is CC(O)c1ccc(N(C)CC(F)F)cc1Br. The Morgan fingerprint density at radius 3 is 2.50 bits per heavy atom. The normalized spacial score (nSPS) is 12.9. The van der Waals surface area contributed by atoms with E-state index in [9.17, 15) is 13.9 Å². The molecule has 1 atom stereocenters. The van der Waals surface area contributed by atoms with Crippen LogP contribution in [0.3, 0.4) is 0 Å². The lowest BCUT2D eigenvalue weighted by Gasteiger charge is -2.20. The monoisotopic (exact) mass is 293 g/mol. The first-order valence-corrected chi connectivity index (χ1v) is 5.68. The van der Waals surface area contributed by atoms with E-state index in [1.807, 2.05) is 0 Å². The lowest BCUT2D eigenvalue weighted by atomic mass is 10.1. The second-order valence-electron chi connectivity index (χ2n) is 3.65. The topological polar surface area (TPSA) is 23.5 Å². The standard InChI is InChI=1S/C11H14BrF2NO/c1-7(16)9-4-3-8(5-10(9)12)15(2)6-11(13)14/h3-5,7,11,16H,6H2,1-2H3. The van der Waals surface area contributed by atoms with E-state index in [2.05, 4.69) is 15.9 Å². The first kappa shape index (κ1) is 13.4. The highest BCUT2D eigenvalue weighted by Gasteiger charge is 2.11. The molecule has 2 nitrogen and oxygen atoms in total. The predicted octanol–water partition coefficient (Wildman–Crippen LogP) is 3.20. The predicted molar refractivity (Wildman–Crippen MR) is 64.0 cm³/mol. The molecular weight excluding hydrogens is 280 g/mol. The molecule has 0 spiro atoms. The zero-order chi connectivity index (χ0) is 12.3. The lowest BCUT2D eigenvalue weighted by molar-refractivity contribution is 0.156.